The minimum Gasteiger partial charge on any atom is -0.497 e. The van der Waals surface area contributed by atoms with Crippen LogP contribution >= 0.6 is 0 Å². The molecular formula is C25H24N2O7. The van der Waals surface area contributed by atoms with Gasteiger partial charge in [-0.3, -0.25) is 19.3 Å². The molecule has 3 aromatic rings. The zero-order chi connectivity index (χ0) is 24.4. The highest BCUT2D eigenvalue weighted by Crippen LogP contribution is 2.29. The highest BCUT2D eigenvalue weighted by molar-refractivity contribution is 6.11. The molecule has 2 amide bonds. The van der Waals surface area contributed by atoms with Crippen LogP contribution in [-0.2, 0) is 25.5 Å². The lowest BCUT2D eigenvalue weighted by molar-refractivity contribution is -0.153. The van der Waals surface area contributed by atoms with E-state index in [0.717, 1.165) is 5.39 Å². The Morgan fingerprint density at radius 2 is 1.94 bits per heavy atom. The molecule has 0 saturated heterocycles. The number of para-hydroxylation sites is 2. The number of nitrogens with zero attached hydrogens (tertiary/aromatic N) is 1. The van der Waals surface area contributed by atoms with Gasteiger partial charge in [0.2, 0.25) is 5.91 Å². The van der Waals surface area contributed by atoms with Gasteiger partial charge >= 0.3 is 11.6 Å². The molecule has 34 heavy (non-hydrogen) atoms. The van der Waals surface area contributed by atoms with E-state index in [1.807, 2.05) is 0 Å². The van der Waals surface area contributed by atoms with Crippen LogP contribution in [0.2, 0.25) is 0 Å². The lowest BCUT2D eigenvalue weighted by Gasteiger charge is -2.30. The highest BCUT2D eigenvalue weighted by atomic mass is 16.5. The van der Waals surface area contributed by atoms with Crippen LogP contribution in [0.5, 0.6) is 5.75 Å². The van der Waals surface area contributed by atoms with Crippen molar-refractivity contribution in [1.29, 1.82) is 0 Å². The minimum atomic E-state index is -1.10. The Bertz CT molecular complexity index is 1340. The molecule has 2 heterocycles. The molecule has 4 rings (SSSR count). The molecule has 1 aliphatic rings. The molecule has 0 unspecified atom stereocenters. The van der Waals surface area contributed by atoms with E-state index < -0.39 is 23.6 Å². The first-order chi connectivity index (χ1) is 16.3. The summed E-state index contributed by atoms with van der Waals surface area (Å²) in [5.41, 5.74) is 2.00. The van der Waals surface area contributed by atoms with E-state index in [0.29, 0.717) is 33.8 Å². The van der Waals surface area contributed by atoms with Gasteiger partial charge < -0.3 is 19.2 Å². The number of ether oxygens (including phenoxy) is 2. The van der Waals surface area contributed by atoms with Crippen LogP contribution in [0.25, 0.3) is 11.0 Å². The number of nitrogens with one attached hydrogen (secondary N) is 1. The van der Waals surface area contributed by atoms with Crippen molar-refractivity contribution in [3.8, 4) is 5.75 Å². The summed E-state index contributed by atoms with van der Waals surface area (Å²) in [7, 11) is 1.52. The van der Waals surface area contributed by atoms with E-state index in [1.165, 1.54) is 18.9 Å². The molecule has 0 bridgehead atoms. The quantitative estimate of drug-likeness (QED) is 0.440. The van der Waals surface area contributed by atoms with Gasteiger partial charge in [0.25, 0.3) is 5.91 Å². The molecule has 0 aliphatic carbocycles. The second-order valence-corrected chi connectivity index (χ2v) is 7.98. The number of esters is 1. The Balaban J connectivity index is 1.43. The van der Waals surface area contributed by atoms with Crippen LogP contribution < -0.4 is 20.6 Å². The van der Waals surface area contributed by atoms with Gasteiger partial charge in [0.1, 0.15) is 17.9 Å². The Morgan fingerprint density at radius 3 is 2.71 bits per heavy atom. The van der Waals surface area contributed by atoms with Gasteiger partial charge in [0.05, 0.1) is 18.5 Å². The topological polar surface area (TPSA) is 115 Å². The van der Waals surface area contributed by atoms with Crippen LogP contribution in [0, 0.1) is 6.92 Å². The second-order valence-electron chi connectivity index (χ2n) is 7.98. The zero-order valence-electron chi connectivity index (χ0n) is 19.0. The predicted octanol–water partition coefficient (Wildman–Crippen LogP) is 2.96. The summed E-state index contributed by atoms with van der Waals surface area (Å²) in [6, 6.07) is 12.1. The third-order valence-corrected chi connectivity index (χ3v) is 5.77. The van der Waals surface area contributed by atoms with Crippen LogP contribution in [0.3, 0.4) is 0 Å². The van der Waals surface area contributed by atoms with Crippen molar-refractivity contribution in [1.82, 2.24) is 0 Å². The predicted molar refractivity (Wildman–Crippen MR) is 125 cm³/mol. The van der Waals surface area contributed by atoms with Gasteiger partial charge in [-0.2, -0.15) is 0 Å². The largest absolute Gasteiger partial charge is 0.497 e. The van der Waals surface area contributed by atoms with Gasteiger partial charge in [-0.25, -0.2) is 4.79 Å². The summed E-state index contributed by atoms with van der Waals surface area (Å²) in [5, 5.41) is 3.45. The van der Waals surface area contributed by atoms with Gasteiger partial charge in [-0.05, 0) is 50.1 Å². The summed E-state index contributed by atoms with van der Waals surface area (Å²) in [4.78, 5) is 51.2. The first kappa shape index (κ1) is 23.0. The number of aryl methyl sites for hydroxylation is 1. The maximum absolute atomic E-state index is 12.9. The molecule has 9 heteroatoms. The fourth-order valence-corrected chi connectivity index (χ4v) is 3.97. The van der Waals surface area contributed by atoms with Gasteiger partial charge in [0, 0.05) is 23.4 Å². The van der Waals surface area contributed by atoms with Gasteiger partial charge in [-0.1, -0.05) is 12.1 Å². The maximum Gasteiger partial charge on any atom is 0.339 e. The third-order valence-electron chi connectivity index (χ3n) is 5.77. The average molecular weight is 464 g/mol. The highest BCUT2D eigenvalue weighted by Gasteiger charge is 2.31. The SMILES string of the molecule is COc1ccc2c(C)c(CCC(=O)O[C@H](C)C(=O)N3CC(=O)Nc4ccccc43)c(=O)oc2c1. The van der Waals surface area contributed by atoms with E-state index in [9.17, 15) is 19.2 Å². The molecule has 0 radical (unpaired) electrons. The number of methoxy groups -OCH3 is 1. The number of carbonyl (C=O) groups is 3. The first-order valence-electron chi connectivity index (χ1n) is 10.8. The van der Waals surface area contributed by atoms with E-state index in [-0.39, 0.29) is 25.3 Å². The molecule has 2 aromatic carbocycles. The Labute approximate surface area is 195 Å². The number of carbonyl (C=O) groups excluding carboxylic acids is 3. The number of hydrogen-bond acceptors (Lipinski definition) is 7. The minimum absolute atomic E-state index is 0.102. The lowest BCUT2D eigenvalue weighted by atomic mass is 10.0. The summed E-state index contributed by atoms with van der Waals surface area (Å²) in [5.74, 6) is -0.907. The van der Waals surface area contributed by atoms with Crippen molar-refractivity contribution >= 4 is 40.1 Å². The number of rotatable bonds is 6. The van der Waals surface area contributed by atoms with Crippen LogP contribution in [-0.4, -0.2) is 37.5 Å². The van der Waals surface area contributed by atoms with Gasteiger partial charge in [0.15, 0.2) is 6.10 Å². The smallest absolute Gasteiger partial charge is 0.339 e. The molecule has 0 spiro atoms. The van der Waals surface area contributed by atoms with Crippen molar-refractivity contribution in [3.05, 3.63) is 64.0 Å². The molecule has 0 saturated carbocycles. The van der Waals surface area contributed by atoms with Crippen LogP contribution in [0.15, 0.2) is 51.7 Å². The van der Waals surface area contributed by atoms with Crippen molar-refractivity contribution in [2.75, 3.05) is 23.9 Å². The number of amides is 2. The van der Waals surface area contributed by atoms with E-state index >= 15 is 0 Å². The van der Waals surface area contributed by atoms with Crippen molar-refractivity contribution in [2.24, 2.45) is 0 Å². The molecule has 1 atom stereocenters. The third kappa shape index (κ3) is 4.50. The Morgan fingerprint density at radius 1 is 1.18 bits per heavy atom. The average Bonchev–Trinajstić information content (AvgIpc) is 2.82. The molecule has 9 nitrogen and oxygen atoms in total. The Hall–Kier alpha value is -4.14. The van der Waals surface area contributed by atoms with E-state index in [1.54, 1.807) is 49.4 Å². The fraction of sp³-hybridized carbons (Fsp3) is 0.280. The van der Waals surface area contributed by atoms with Gasteiger partial charge in [-0.15, -0.1) is 0 Å². The lowest BCUT2D eigenvalue weighted by Crippen LogP contribution is -2.47. The molecule has 176 valence electrons. The summed E-state index contributed by atoms with van der Waals surface area (Å²) in [6.07, 6.45) is -1.11. The summed E-state index contributed by atoms with van der Waals surface area (Å²) in [6.45, 7) is 3.08. The number of fused-ring (bicyclic) bond motifs is 2. The molecule has 1 N–H and O–H groups in total. The van der Waals surface area contributed by atoms with Crippen LogP contribution in [0.1, 0.15) is 24.5 Å². The van der Waals surface area contributed by atoms with Crippen LogP contribution in [0.4, 0.5) is 11.4 Å². The van der Waals surface area contributed by atoms with E-state index in [2.05, 4.69) is 5.32 Å². The van der Waals surface area contributed by atoms with E-state index in [4.69, 9.17) is 13.9 Å². The second kappa shape index (κ2) is 9.38. The normalized spacial score (nSPS) is 13.7. The number of anilines is 2. The van der Waals surface area contributed by atoms with Crippen molar-refractivity contribution in [3.63, 3.8) is 0 Å². The standard InChI is InChI=1S/C25H24N2O7/c1-14-17-9-8-16(32-3)12-21(17)34-25(31)18(14)10-11-23(29)33-15(2)24(30)27-13-22(28)26-19-6-4-5-7-20(19)27/h4-9,12,15H,10-11,13H2,1-3H3,(H,26,28)/t15-/m1/s1. The zero-order valence-corrected chi connectivity index (χ0v) is 19.0. The Kier molecular flexibility index (Phi) is 6.36. The number of benzene rings is 2. The summed E-state index contributed by atoms with van der Waals surface area (Å²) >= 11 is 0. The molecular weight excluding hydrogens is 440 g/mol. The molecule has 1 aromatic heterocycles. The first-order valence-corrected chi connectivity index (χ1v) is 10.8. The molecule has 1 aliphatic heterocycles. The number of hydrogen-bond donors (Lipinski definition) is 1. The maximum atomic E-state index is 12.9. The summed E-state index contributed by atoms with van der Waals surface area (Å²) < 4.78 is 15.9. The molecule has 0 fully saturated rings. The van der Waals surface area contributed by atoms with Crippen molar-refractivity contribution < 1.29 is 28.3 Å². The monoisotopic (exact) mass is 464 g/mol. The fourth-order valence-electron chi connectivity index (χ4n) is 3.97. The van der Waals surface area contributed by atoms with Crippen molar-refractivity contribution in [2.45, 2.75) is 32.8 Å².